The normalized spacial score (nSPS) is 11.1. The van der Waals surface area contributed by atoms with Crippen LogP contribution in [0.3, 0.4) is 0 Å². The maximum atomic E-state index is 13.3. The van der Waals surface area contributed by atoms with Crippen LogP contribution in [0, 0.1) is 6.92 Å². The molecule has 3 aromatic heterocycles. The van der Waals surface area contributed by atoms with Crippen LogP contribution in [0.15, 0.2) is 69.1 Å². The van der Waals surface area contributed by atoms with Gasteiger partial charge in [0.25, 0.3) is 5.56 Å². The summed E-state index contributed by atoms with van der Waals surface area (Å²) in [6.45, 7) is 1.90. The minimum atomic E-state index is -0.167. The molecule has 0 aliphatic heterocycles. The lowest BCUT2D eigenvalue weighted by atomic mass is 10.2. The van der Waals surface area contributed by atoms with Crippen LogP contribution in [-0.2, 0) is 5.75 Å². The first-order valence-corrected chi connectivity index (χ1v) is 11.4. The summed E-state index contributed by atoms with van der Waals surface area (Å²) in [5.74, 6) is 2.21. The fraction of sp³-hybridized carbons (Fsp3) is 0.167. The molecule has 0 saturated carbocycles. The number of aromatic amines is 1. The monoisotopic (exact) mass is 475 g/mol. The number of hydrogen-bond donors (Lipinski definition) is 1. The fourth-order valence-electron chi connectivity index (χ4n) is 3.69. The molecular weight excluding hydrogens is 454 g/mol. The van der Waals surface area contributed by atoms with E-state index in [1.807, 2.05) is 55.5 Å². The number of aromatic nitrogens is 5. The Morgan fingerprint density at radius 3 is 2.65 bits per heavy atom. The first-order valence-electron chi connectivity index (χ1n) is 10.4. The highest BCUT2D eigenvalue weighted by molar-refractivity contribution is 7.98. The number of H-pyrrole nitrogens is 1. The molecule has 0 spiro atoms. The summed E-state index contributed by atoms with van der Waals surface area (Å²) in [6.07, 6.45) is 0. The van der Waals surface area contributed by atoms with Gasteiger partial charge in [-0.05, 0) is 37.3 Å². The van der Waals surface area contributed by atoms with Crippen LogP contribution in [0.5, 0.6) is 11.5 Å². The van der Waals surface area contributed by atoms with Crippen LogP contribution in [-0.4, -0.2) is 38.9 Å². The third-order valence-electron chi connectivity index (χ3n) is 5.21. The van der Waals surface area contributed by atoms with E-state index in [0.717, 1.165) is 11.4 Å². The highest BCUT2D eigenvalue weighted by atomic mass is 32.2. The van der Waals surface area contributed by atoms with Crippen LogP contribution >= 0.6 is 11.8 Å². The van der Waals surface area contributed by atoms with Crippen LogP contribution in [0.25, 0.3) is 28.1 Å². The summed E-state index contributed by atoms with van der Waals surface area (Å²) in [7, 11) is 3.13. The van der Waals surface area contributed by atoms with Gasteiger partial charge in [-0.25, -0.2) is 4.98 Å². The van der Waals surface area contributed by atoms with Crippen molar-refractivity contribution in [1.29, 1.82) is 0 Å². The Morgan fingerprint density at radius 1 is 1.06 bits per heavy atom. The number of benzene rings is 2. The van der Waals surface area contributed by atoms with Gasteiger partial charge >= 0.3 is 0 Å². The van der Waals surface area contributed by atoms with Crippen molar-refractivity contribution in [2.24, 2.45) is 0 Å². The minimum Gasteiger partial charge on any atom is -0.493 e. The summed E-state index contributed by atoms with van der Waals surface area (Å²) < 4.78 is 17.9. The molecule has 172 valence electrons. The predicted molar refractivity (Wildman–Crippen MR) is 129 cm³/mol. The number of thioether (sulfide) groups is 1. The SMILES string of the molecule is COc1cccc(-c2noc(CSc3nc4cc(C)[nH]c4c(=O)n3-c3ccccc3)n2)c1OC. The van der Waals surface area contributed by atoms with E-state index in [1.54, 1.807) is 24.9 Å². The summed E-state index contributed by atoms with van der Waals surface area (Å²) in [5.41, 5.74) is 3.17. The van der Waals surface area contributed by atoms with Crippen molar-refractivity contribution in [2.75, 3.05) is 14.2 Å². The zero-order valence-corrected chi connectivity index (χ0v) is 19.5. The molecule has 9 nitrogen and oxygen atoms in total. The number of nitrogens with zero attached hydrogens (tertiary/aromatic N) is 4. The van der Waals surface area contributed by atoms with Crippen LogP contribution in [0.4, 0.5) is 0 Å². The van der Waals surface area contributed by atoms with Gasteiger partial charge in [0.05, 0.1) is 36.7 Å². The first kappa shape index (κ1) is 21.8. The Bertz CT molecular complexity index is 1520. The Morgan fingerprint density at radius 2 is 1.88 bits per heavy atom. The smallest absolute Gasteiger partial charge is 0.283 e. The molecular formula is C24H21N5O4S. The Labute approximate surface area is 198 Å². The first-order chi connectivity index (χ1) is 16.6. The van der Waals surface area contributed by atoms with Gasteiger partial charge < -0.3 is 19.0 Å². The molecule has 0 amide bonds. The molecule has 0 saturated heterocycles. The van der Waals surface area contributed by atoms with Crippen molar-refractivity contribution >= 4 is 22.8 Å². The zero-order valence-electron chi connectivity index (χ0n) is 18.7. The highest BCUT2D eigenvalue weighted by Crippen LogP contribution is 2.36. The zero-order chi connectivity index (χ0) is 23.7. The lowest BCUT2D eigenvalue weighted by molar-refractivity contribution is 0.355. The van der Waals surface area contributed by atoms with Gasteiger partial charge in [0.15, 0.2) is 16.7 Å². The summed E-state index contributed by atoms with van der Waals surface area (Å²) in [6, 6.07) is 16.7. The Kier molecular flexibility index (Phi) is 5.81. The second-order valence-corrected chi connectivity index (χ2v) is 8.37. The minimum absolute atomic E-state index is 0.167. The van der Waals surface area contributed by atoms with Gasteiger partial charge in [0.1, 0.15) is 5.52 Å². The largest absolute Gasteiger partial charge is 0.493 e. The molecule has 1 N–H and O–H groups in total. The number of ether oxygens (including phenoxy) is 2. The van der Waals surface area contributed by atoms with E-state index in [2.05, 4.69) is 15.1 Å². The molecule has 2 aromatic carbocycles. The van der Waals surface area contributed by atoms with E-state index in [0.29, 0.717) is 50.7 Å². The maximum absolute atomic E-state index is 13.3. The summed E-state index contributed by atoms with van der Waals surface area (Å²) in [5, 5.41) is 4.63. The molecule has 0 bridgehead atoms. The number of para-hydroxylation sites is 2. The van der Waals surface area contributed by atoms with Gasteiger partial charge in [-0.2, -0.15) is 4.98 Å². The standard InChI is InChI=1S/C24H21N5O4S/c1-14-12-17-20(25-14)23(30)29(15-8-5-4-6-9-15)24(26-17)34-13-19-27-22(28-33-19)16-10-7-11-18(31-2)21(16)32-3/h4-12,25H,13H2,1-3H3. The van der Waals surface area contributed by atoms with Gasteiger partial charge in [-0.15, -0.1) is 0 Å². The van der Waals surface area contributed by atoms with Crippen LogP contribution in [0.2, 0.25) is 0 Å². The molecule has 3 heterocycles. The van der Waals surface area contributed by atoms with Crippen molar-refractivity contribution in [3.8, 4) is 28.6 Å². The van der Waals surface area contributed by atoms with E-state index in [1.165, 1.54) is 11.8 Å². The van der Waals surface area contributed by atoms with Gasteiger partial charge in [0, 0.05) is 5.69 Å². The van der Waals surface area contributed by atoms with E-state index in [9.17, 15) is 4.79 Å². The van der Waals surface area contributed by atoms with Crippen molar-refractivity contribution < 1.29 is 14.0 Å². The molecule has 0 fully saturated rings. The number of rotatable bonds is 7. The molecule has 0 radical (unpaired) electrons. The van der Waals surface area contributed by atoms with Crippen molar-refractivity contribution in [3.05, 3.63) is 76.5 Å². The molecule has 34 heavy (non-hydrogen) atoms. The number of fused-ring (bicyclic) bond motifs is 1. The van der Waals surface area contributed by atoms with Crippen molar-refractivity contribution in [2.45, 2.75) is 17.8 Å². The topological polar surface area (TPSA) is 108 Å². The van der Waals surface area contributed by atoms with Crippen molar-refractivity contribution in [1.82, 2.24) is 24.7 Å². The van der Waals surface area contributed by atoms with Gasteiger partial charge in [0.2, 0.25) is 11.7 Å². The van der Waals surface area contributed by atoms with Gasteiger partial charge in [-0.1, -0.05) is 41.2 Å². The van der Waals surface area contributed by atoms with E-state index >= 15 is 0 Å². The summed E-state index contributed by atoms with van der Waals surface area (Å²) >= 11 is 1.35. The van der Waals surface area contributed by atoms with Crippen LogP contribution in [0.1, 0.15) is 11.6 Å². The molecule has 5 rings (SSSR count). The molecule has 5 aromatic rings. The Balaban J connectivity index is 1.49. The molecule has 0 aliphatic rings. The molecule has 0 atom stereocenters. The maximum Gasteiger partial charge on any atom is 0.283 e. The van der Waals surface area contributed by atoms with E-state index < -0.39 is 0 Å². The van der Waals surface area contributed by atoms with E-state index in [4.69, 9.17) is 19.0 Å². The second-order valence-electron chi connectivity index (χ2n) is 7.42. The molecule has 0 unspecified atom stereocenters. The third-order valence-corrected chi connectivity index (χ3v) is 6.13. The fourth-order valence-corrected chi connectivity index (χ4v) is 4.54. The quantitative estimate of drug-likeness (QED) is 0.273. The number of nitrogens with one attached hydrogen (secondary N) is 1. The Hall–Kier alpha value is -4.05. The highest BCUT2D eigenvalue weighted by Gasteiger charge is 2.19. The summed E-state index contributed by atoms with van der Waals surface area (Å²) in [4.78, 5) is 25.7. The number of methoxy groups -OCH3 is 2. The lowest BCUT2D eigenvalue weighted by Gasteiger charge is -2.11. The van der Waals surface area contributed by atoms with Crippen LogP contribution < -0.4 is 15.0 Å². The van der Waals surface area contributed by atoms with Crippen molar-refractivity contribution in [3.63, 3.8) is 0 Å². The second kappa shape index (κ2) is 9.06. The van der Waals surface area contributed by atoms with Gasteiger partial charge in [-0.3, -0.25) is 9.36 Å². The predicted octanol–water partition coefficient (Wildman–Crippen LogP) is 4.38. The average Bonchev–Trinajstić information content (AvgIpc) is 3.49. The van der Waals surface area contributed by atoms with E-state index in [-0.39, 0.29) is 5.56 Å². The number of aryl methyl sites for hydroxylation is 1. The lowest BCUT2D eigenvalue weighted by Crippen LogP contribution is -2.21. The molecule has 0 aliphatic carbocycles. The average molecular weight is 476 g/mol. The third kappa shape index (κ3) is 3.92. The molecule has 10 heteroatoms. The number of hydrogen-bond acceptors (Lipinski definition) is 8.